The van der Waals surface area contributed by atoms with Gasteiger partial charge in [-0.05, 0) is 30.9 Å². The lowest BCUT2D eigenvalue weighted by molar-refractivity contribution is -0.160. The molecule has 0 radical (unpaired) electrons. The molecule has 1 saturated carbocycles. The number of alkyl halides is 3. The summed E-state index contributed by atoms with van der Waals surface area (Å²) in [7, 11) is 0. The second-order valence-corrected chi connectivity index (χ2v) is 7.95. The second-order valence-electron chi connectivity index (χ2n) is 7.95. The zero-order chi connectivity index (χ0) is 21.8. The van der Waals surface area contributed by atoms with E-state index in [1.165, 1.54) is 35.1 Å². The highest BCUT2D eigenvalue weighted by Crippen LogP contribution is 2.58. The molecule has 1 aliphatic carbocycles. The molecule has 0 spiro atoms. The van der Waals surface area contributed by atoms with Crippen molar-refractivity contribution < 1.29 is 27.4 Å². The van der Waals surface area contributed by atoms with E-state index in [1.807, 2.05) is 0 Å². The van der Waals surface area contributed by atoms with Crippen molar-refractivity contribution in [1.29, 1.82) is 0 Å². The minimum absolute atomic E-state index is 0.0422. The van der Waals surface area contributed by atoms with Crippen molar-refractivity contribution >= 4 is 11.5 Å². The molecule has 31 heavy (non-hydrogen) atoms. The van der Waals surface area contributed by atoms with Crippen molar-refractivity contribution in [2.75, 3.05) is 18.5 Å². The van der Waals surface area contributed by atoms with Gasteiger partial charge < -0.3 is 15.2 Å². The van der Waals surface area contributed by atoms with Gasteiger partial charge in [0.25, 0.3) is 0 Å². The highest BCUT2D eigenvalue weighted by atomic mass is 19.4. The molecule has 4 heterocycles. The van der Waals surface area contributed by atoms with E-state index in [-0.39, 0.29) is 53.9 Å². The Kier molecular flexibility index (Phi) is 4.63. The van der Waals surface area contributed by atoms with Crippen LogP contribution in [-0.4, -0.2) is 56.2 Å². The number of aliphatic hydroxyl groups excluding tert-OH is 1. The first kappa shape index (κ1) is 20.1. The van der Waals surface area contributed by atoms with Crippen molar-refractivity contribution in [3.05, 3.63) is 42.0 Å². The fourth-order valence-electron chi connectivity index (χ4n) is 3.95. The van der Waals surface area contributed by atoms with E-state index < -0.39 is 23.5 Å². The van der Waals surface area contributed by atoms with Gasteiger partial charge in [0.1, 0.15) is 5.52 Å². The van der Waals surface area contributed by atoms with Gasteiger partial charge in [0.2, 0.25) is 5.95 Å². The third kappa shape index (κ3) is 3.41. The molecular formula is C20H19F4N5O2. The summed E-state index contributed by atoms with van der Waals surface area (Å²) in [6, 6.07) is 3.73. The Morgan fingerprint density at radius 2 is 2.00 bits per heavy atom. The summed E-state index contributed by atoms with van der Waals surface area (Å²) < 4.78 is 61.0. The van der Waals surface area contributed by atoms with Crippen molar-refractivity contribution in [1.82, 2.24) is 19.6 Å². The smallest absolute Gasteiger partial charge is 0.389 e. The second kappa shape index (κ2) is 7.13. The third-order valence-corrected chi connectivity index (χ3v) is 5.98. The van der Waals surface area contributed by atoms with Crippen molar-refractivity contribution in [3.63, 3.8) is 0 Å². The van der Waals surface area contributed by atoms with E-state index in [2.05, 4.69) is 20.4 Å². The van der Waals surface area contributed by atoms with Gasteiger partial charge in [-0.2, -0.15) is 13.2 Å². The van der Waals surface area contributed by atoms with Crippen LogP contribution in [0, 0.1) is 5.82 Å². The number of fused-ring (bicyclic) bond motifs is 1. The first-order valence-electron chi connectivity index (χ1n) is 9.89. The van der Waals surface area contributed by atoms with Gasteiger partial charge in [0, 0.05) is 18.9 Å². The zero-order valence-electron chi connectivity index (χ0n) is 16.2. The lowest BCUT2D eigenvalue weighted by atomic mass is 9.97. The number of anilines is 1. The molecule has 2 atom stereocenters. The monoisotopic (exact) mass is 437 g/mol. The highest BCUT2D eigenvalue weighted by Gasteiger charge is 2.64. The van der Waals surface area contributed by atoms with E-state index >= 15 is 0 Å². The van der Waals surface area contributed by atoms with Crippen LogP contribution in [0.2, 0.25) is 0 Å². The SMILES string of the molecule is O[C@@H]1COCC[C@H]1Nc1ncc2c(F)cc(-c3ccc(C4(C(F)(F)F)CC4)cn3)n2n1. The van der Waals surface area contributed by atoms with E-state index in [0.717, 1.165) is 0 Å². The lowest BCUT2D eigenvalue weighted by Gasteiger charge is -2.28. The summed E-state index contributed by atoms with van der Waals surface area (Å²) in [6.45, 7) is 0.676. The van der Waals surface area contributed by atoms with Gasteiger partial charge in [-0.3, -0.25) is 4.98 Å². The van der Waals surface area contributed by atoms with Crippen LogP contribution in [0.15, 0.2) is 30.6 Å². The first-order chi connectivity index (χ1) is 14.8. The summed E-state index contributed by atoms with van der Waals surface area (Å²) in [5.41, 5.74) is -1.04. The van der Waals surface area contributed by atoms with E-state index in [0.29, 0.717) is 13.0 Å². The molecule has 0 bridgehead atoms. The minimum atomic E-state index is -4.33. The lowest BCUT2D eigenvalue weighted by Crippen LogP contribution is -2.42. The average Bonchev–Trinajstić information content (AvgIpc) is 3.50. The number of aliphatic hydroxyl groups is 1. The molecule has 1 saturated heterocycles. The molecule has 164 valence electrons. The number of nitrogens with one attached hydrogen (secondary N) is 1. The fraction of sp³-hybridized carbons (Fsp3) is 0.450. The molecule has 11 heteroatoms. The van der Waals surface area contributed by atoms with E-state index in [9.17, 15) is 22.7 Å². The van der Waals surface area contributed by atoms with Crippen molar-refractivity contribution in [3.8, 4) is 11.4 Å². The summed E-state index contributed by atoms with van der Waals surface area (Å²) in [4.78, 5) is 8.27. The Morgan fingerprint density at radius 1 is 1.19 bits per heavy atom. The first-order valence-corrected chi connectivity index (χ1v) is 9.89. The van der Waals surface area contributed by atoms with Crippen LogP contribution in [0.5, 0.6) is 0 Å². The summed E-state index contributed by atoms with van der Waals surface area (Å²) in [5.74, 6) is -0.395. The maximum Gasteiger partial charge on any atom is 0.398 e. The molecule has 2 aliphatic rings. The molecule has 2 fully saturated rings. The molecule has 5 rings (SSSR count). The Hall–Kier alpha value is -2.79. The molecule has 3 aromatic heterocycles. The standard InChI is InChI=1S/C20H19F4N5O2/c21-12-7-15(13-2-1-11(8-25-13)19(4-5-19)20(22,23)24)29-16(12)9-26-18(28-29)27-14-3-6-31-10-17(14)30/h1-2,7-9,14,17,30H,3-6,10H2,(H,27,28)/t14-,17-/m1/s1. The van der Waals surface area contributed by atoms with Crippen LogP contribution < -0.4 is 5.32 Å². The van der Waals surface area contributed by atoms with Crippen LogP contribution in [0.1, 0.15) is 24.8 Å². The Bertz CT molecular complexity index is 1110. The van der Waals surface area contributed by atoms with Crippen LogP contribution in [-0.2, 0) is 10.2 Å². The predicted molar refractivity (Wildman–Crippen MR) is 102 cm³/mol. The summed E-state index contributed by atoms with van der Waals surface area (Å²) in [6.07, 6.45) is -1.91. The number of hydrogen-bond donors (Lipinski definition) is 2. The molecule has 2 N–H and O–H groups in total. The molecule has 0 aromatic carbocycles. The molecule has 1 aliphatic heterocycles. The van der Waals surface area contributed by atoms with Gasteiger partial charge in [-0.15, -0.1) is 5.10 Å². The number of aromatic nitrogens is 4. The van der Waals surface area contributed by atoms with Crippen molar-refractivity contribution in [2.24, 2.45) is 0 Å². The van der Waals surface area contributed by atoms with Gasteiger partial charge in [-0.1, -0.05) is 6.07 Å². The third-order valence-electron chi connectivity index (χ3n) is 5.98. The van der Waals surface area contributed by atoms with E-state index in [4.69, 9.17) is 4.74 Å². The van der Waals surface area contributed by atoms with Crippen LogP contribution in [0.3, 0.4) is 0 Å². The number of pyridine rings is 1. The Labute approximate surface area is 174 Å². The van der Waals surface area contributed by atoms with Gasteiger partial charge in [0.05, 0.1) is 41.8 Å². The zero-order valence-corrected chi connectivity index (χ0v) is 16.2. The highest BCUT2D eigenvalue weighted by molar-refractivity contribution is 5.64. The fourth-order valence-corrected chi connectivity index (χ4v) is 3.95. The van der Waals surface area contributed by atoms with Gasteiger partial charge in [0.15, 0.2) is 5.82 Å². The number of rotatable bonds is 4. The van der Waals surface area contributed by atoms with Crippen LogP contribution >= 0.6 is 0 Å². The molecule has 0 unspecified atom stereocenters. The normalized spacial score (nSPS) is 23.1. The maximum absolute atomic E-state index is 14.4. The molecule has 7 nitrogen and oxygen atoms in total. The number of halogens is 4. The maximum atomic E-state index is 14.4. The quantitative estimate of drug-likeness (QED) is 0.611. The molecule has 3 aromatic rings. The molecule has 0 amide bonds. The molecular weight excluding hydrogens is 418 g/mol. The van der Waals surface area contributed by atoms with Crippen molar-refractivity contribution in [2.45, 2.75) is 43.0 Å². The number of ether oxygens (including phenoxy) is 1. The number of nitrogens with zero attached hydrogens (tertiary/aromatic N) is 4. The number of hydrogen-bond acceptors (Lipinski definition) is 6. The average molecular weight is 437 g/mol. The van der Waals surface area contributed by atoms with Crippen LogP contribution in [0.25, 0.3) is 16.9 Å². The summed E-state index contributed by atoms with van der Waals surface area (Å²) >= 11 is 0. The Balaban J connectivity index is 1.47. The van der Waals surface area contributed by atoms with E-state index in [1.54, 1.807) is 0 Å². The predicted octanol–water partition coefficient (Wildman–Crippen LogP) is 3.09. The van der Waals surface area contributed by atoms with Gasteiger partial charge >= 0.3 is 6.18 Å². The topological polar surface area (TPSA) is 84.6 Å². The van der Waals surface area contributed by atoms with Gasteiger partial charge in [-0.25, -0.2) is 13.9 Å². The Morgan fingerprint density at radius 3 is 2.65 bits per heavy atom. The van der Waals surface area contributed by atoms with Crippen LogP contribution in [0.4, 0.5) is 23.5 Å². The summed E-state index contributed by atoms with van der Waals surface area (Å²) in [5, 5.41) is 17.4. The largest absolute Gasteiger partial charge is 0.398 e. The minimum Gasteiger partial charge on any atom is -0.389 e.